The van der Waals surface area contributed by atoms with E-state index in [2.05, 4.69) is 122 Å². The first-order chi connectivity index (χ1) is 25.3. The van der Waals surface area contributed by atoms with Crippen LogP contribution in [0.5, 0.6) is 0 Å². The van der Waals surface area contributed by atoms with Gasteiger partial charge in [0.15, 0.2) is 11.2 Å². The Bertz CT molecular complexity index is 2930. The molecule has 0 radical (unpaired) electrons. The zero-order valence-corrected chi connectivity index (χ0v) is 27.1. The van der Waals surface area contributed by atoms with E-state index in [-0.39, 0.29) is 0 Å². The van der Waals surface area contributed by atoms with Crippen LogP contribution in [-0.4, -0.2) is 29.1 Å². The van der Waals surface area contributed by atoms with Crippen molar-refractivity contribution in [3.05, 3.63) is 158 Å². The van der Waals surface area contributed by atoms with Crippen LogP contribution in [0.15, 0.2) is 163 Å². The highest BCUT2D eigenvalue weighted by molar-refractivity contribution is 6.11. The van der Waals surface area contributed by atoms with E-state index in [1.807, 2.05) is 48.7 Å². The summed E-state index contributed by atoms with van der Waals surface area (Å²) in [6.45, 7) is 0. The molecule has 0 fully saturated rings. The number of hydrogen-bond acceptors (Lipinski definition) is 5. The Morgan fingerprint density at radius 2 is 0.980 bits per heavy atom. The van der Waals surface area contributed by atoms with Crippen LogP contribution in [0.1, 0.15) is 0 Å². The smallest absolute Gasteiger partial charge is 0.155 e. The summed E-state index contributed by atoms with van der Waals surface area (Å²) in [5.41, 5.74) is 14.0. The molecule has 51 heavy (non-hydrogen) atoms. The van der Waals surface area contributed by atoms with E-state index >= 15 is 0 Å². The lowest BCUT2D eigenvalue weighted by molar-refractivity contribution is 0.667. The summed E-state index contributed by atoms with van der Waals surface area (Å²) in [6.07, 6.45) is 3.48. The Labute approximate surface area is 290 Å². The van der Waals surface area contributed by atoms with Crippen LogP contribution in [0.4, 0.5) is 0 Å². The lowest BCUT2D eigenvalue weighted by Gasteiger charge is -2.08. The van der Waals surface area contributed by atoms with E-state index in [0.29, 0.717) is 11.2 Å². The minimum Gasteiger partial charge on any atom is -0.453 e. The summed E-state index contributed by atoms with van der Waals surface area (Å²) < 4.78 is 10.8. The monoisotopic (exact) mass is 654 g/mol. The molecule has 0 atom stereocenters. The van der Waals surface area contributed by atoms with Crippen molar-refractivity contribution in [1.82, 2.24) is 29.1 Å². The molecule has 238 valence electrons. The van der Waals surface area contributed by atoms with E-state index in [1.165, 1.54) is 16.3 Å². The first-order valence-electron chi connectivity index (χ1n) is 16.9. The van der Waals surface area contributed by atoms with Crippen LogP contribution in [0.3, 0.4) is 0 Å². The lowest BCUT2D eigenvalue weighted by Crippen LogP contribution is -1.94. The Morgan fingerprint density at radius 3 is 1.65 bits per heavy atom. The summed E-state index contributed by atoms with van der Waals surface area (Å²) in [5.74, 6) is 0. The predicted molar refractivity (Wildman–Crippen MR) is 204 cm³/mol. The maximum absolute atomic E-state index is 6.26. The maximum Gasteiger partial charge on any atom is 0.155 e. The molecule has 6 aromatic heterocycles. The quantitative estimate of drug-likeness (QED) is 0.189. The SMILES string of the molecule is c1ccc(-n2c3ccccc3c3ccc(-c4ccc5oc6ccc(-c7ccc8c9ncncc9n(-c9ccccc9)c8c7)nc6c5n4)cc32)cc1. The van der Waals surface area contributed by atoms with Crippen molar-refractivity contribution in [3.8, 4) is 33.9 Å². The molecule has 11 rings (SSSR count). The normalized spacial score (nSPS) is 11.9. The number of pyridine rings is 2. The first kappa shape index (κ1) is 27.8. The lowest BCUT2D eigenvalue weighted by atomic mass is 10.1. The Morgan fingerprint density at radius 1 is 0.431 bits per heavy atom. The van der Waals surface area contributed by atoms with Gasteiger partial charge in [0, 0.05) is 38.7 Å². The molecular weight excluding hydrogens is 629 g/mol. The minimum absolute atomic E-state index is 0.702. The summed E-state index contributed by atoms with van der Waals surface area (Å²) in [5, 5.41) is 3.48. The predicted octanol–water partition coefficient (Wildman–Crippen LogP) is 10.7. The zero-order valence-electron chi connectivity index (χ0n) is 27.1. The van der Waals surface area contributed by atoms with Gasteiger partial charge in [0.2, 0.25) is 0 Å². The largest absolute Gasteiger partial charge is 0.453 e. The summed E-state index contributed by atoms with van der Waals surface area (Å²) in [7, 11) is 0. The Balaban J connectivity index is 1.07. The number of benzene rings is 5. The number of rotatable bonds is 4. The van der Waals surface area contributed by atoms with Crippen molar-refractivity contribution in [2.45, 2.75) is 0 Å². The van der Waals surface area contributed by atoms with Crippen molar-refractivity contribution < 1.29 is 4.42 Å². The van der Waals surface area contributed by atoms with Crippen LogP contribution < -0.4 is 0 Å². The van der Waals surface area contributed by atoms with E-state index in [0.717, 1.165) is 72.4 Å². The second kappa shape index (κ2) is 10.7. The average Bonchev–Trinajstić information content (AvgIpc) is 3.85. The highest BCUT2D eigenvalue weighted by atomic mass is 16.3. The molecule has 0 aliphatic carbocycles. The zero-order chi connectivity index (χ0) is 33.5. The third-order valence-corrected chi connectivity index (χ3v) is 9.88. The summed E-state index contributed by atoms with van der Waals surface area (Å²) in [4.78, 5) is 19.3. The highest BCUT2D eigenvalue weighted by Gasteiger charge is 2.18. The van der Waals surface area contributed by atoms with Crippen molar-refractivity contribution in [1.29, 1.82) is 0 Å². The molecule has 0 N–H and O–H groups in total. The number of furan rings is 1. The van der Waals surface area contributed by atoms with Crippen LogP contribution in [0.2, 0.25) is 0 Å². The van der Waals surface area contributed by atoms with Crippen molar-refractivity contribution >= 4 is 65.9 Å². The van der Waals surface area contributed by atoms with Gasteiger partial charge >= 0.3 is 0 Å². The number of fused-ring (bicyclic) bond motifs is 9. The van der Waals surface area contributed by atoms with E-state index < -0.39 is 0 Å². The van der Waals surface area contributed by atoms with Crippen molar-refractivity contribution in [2.75, 3.05) is 0 Å². The molecular formula is C44H26N6O. The van der Waals surface area contributed by atoms with Gasteiger partial charge in [-0.2, -0.15) is 0 Å². The molecule has 0 unspecified atom stereocenters. The van der Waals surface area contributed by atoms with Gasteiger partial charge in [0.05, 0.1) is 45.2 Å². The van der Waals surface area contributed by atoms with Gasteiger partial charge in [-0.25, -0.2) is 19.9 Å². The molecule has 0 saturated carbocycles. The number of nitrogens with zero attached hydrogens (tertiary/aromatic N) is 6. The van der Waals surface area contributed by atoms with Crippen LogP contribution in [-0.2, 0) is 0 Å². The average molecular weight is 655 g/mol. The van der Waals surface area contributed by atoms with Gasteiger partial charge in [-0.3, -0.25) is 0 Å². The molecule has 0 aliphatic rings. The fraction of sp³-hybridized carbons (Fsp3) is 0. The van der Waals surface area contributed by atoms with E-state index in [9.17, 15) is 0 Å². The molecule has 7 heteroatoms. The van der Waals surface area contributed by atoms with Gasteiger partial charge in [0.1, 0.15) is 17.4 Å². The molecule has 7 nitrogen and oxygen atoms in total. The number of aromatic nitrogens is 6. The van der Waals surface area contributed by atoms with E-state index in [1.54, 1.807) is 6.33 Å². The van der Waals surface area contributed by atoms with Gasteiger partial charge in [-0.15, -0.1) is 0 Å². The maximum atomic E-state index is 6.26. The first-order valence-corrected chi connectivity index (χ1v) is 16.9. The summed E-state index contributed by atoms with van der Waals surface area (Å²) >= 11 is 0. The van der Waals surface area contributed by atoms with Gasteiger partial charge < -0.3 is 13.6 Å². The third-order valence-electron chi connectivity index (χ3n) is 9.88. The van der Waals surface area contributed by atoms with Crippen molar-refractivity contribution in [2.24, 2.45) is 0 Å². The van der Waals surface area contributed by atoms with Gasteiger partial charge in [0.25, 0.3) is 0 Å². The van der Waals surface area contributed by atoms with Gasteiger partial charge in [-0.1, -0.05) is 72.8 Å². The molecule has 6 heterocycles. The molecule has 0 spiro atoms. The topological polar surface area (TPSA) is 74.6 Å². The number of para-hydroxylation sites is 3. The Kier molecular flexibility index (Phi) is 5.83. The third kappa shape index (κ3) is 4.18. The Hall–Kier alpha value is -7.12. The standard InChI is InChI=1S/C44H26N6O/c1-3-9-29(10-4-1)49-36-14-8-7-13-31(36)32-17-15-27(23-37(32)49)34-19-21-40-43(47-34)44-41(51-40)22-20-35(48-44)28-16-18-33-38(24-28)50(30-11-5-2-6-12-30)39-25-45-26-46-42(33)39/h1-26H. The number of hydrogen-bond donors (Lipinski definition) is 0. The van der Waals surface area contributed by atoms with Crippen LogP contribution >= 0.6 is 0 Å². The summed E-state index contributed by atoms with van der Waals surface area (Å²) in [6, 6.07) is 50.4. The molecule has 0 bridgehead atoms. The molecule has 0 saturated heterocycles. The van der Waals surface area contributed by atoms with Crippen molar-refractivity contribution in [3.63, 3.8) is 0 Å². The second-order valence-corrected chi connectivity index (χ2v) is 12.8. The second-order valence-electron chi connectivity index (χ2n) is 12.8. The fourth-order valence-corrected chi connectivity index (χ4v) is 7.58. The van der Waals surface area contributed by atoms with Crippen LogP contribution in [0, 0.1) is 0 Å². The fourth-order valence-electron chi connectivity index (χ4n) is 7.58. The highest BCUT2D eigenvalue weighted by Crippen LogP contribution is 2.37. The van der Waals surface area contributed by atoms with Gasteiger partial charge in [-0.05, 0) is 72.8 Å². The van der Waals surface area contributed by atoms with E-state index in [4.69, 9.17) is 14.4 Å². The minimum atomic E-state index is 0.702. The molecule has 0 aliphatic heterocycles. The molecule has 11 aromatic rings. The van der Waals surface area contributed by atoms with Crippen LogP contribution in [0.25, 0.3) is 99.8 Å². The molecule has 0 amide bonds. The molecule has 5 aromatic carbocycles.